The average molecular weight is 249 g/mol. The van der Waals surface area contributed by atoms with Crippen LogP contribution in [0.15, 0.2) is 18.5 Å². The molecule has 98 valence electrons. The Morgan fingerprint density at radius 3 is 3.17 bits per heavy atom. The number of piperidine rings is 1. The Morgan fingerprint density at radius 2 is 2.44 bits per heavy atom. The van der Waals surface area contributed by atoms with Crippen LogP contribution in [0.4, 0.5) is 0 Å². The second-order valence-corrected chi connectivity index (χ2v) is 4.58. The molecule has 5 heteroatoms. The Hall–Kier alpha value is -1.62. The lowest BCUT2D eigenvalue weighted by Crippen LogP contribution is -2.37. The number of nitrogens with one attached hydrogen (secondary N) is 2. The van der Waals surface area contributed by atoms with E-state index in [2.05, 4.69) is 15.6 Å². The highest BCUT2D eigenvalue weighted by Gasteiger charge is 2.14. The number of aromatic nitrogens is 1. The Morgan fingerprint density at radius 1 is 1.56 bits per heavy atom. The van der Waals surface area contributed by atoms with Crippen molar-refractivity contribution < 1.29 is 9.90 Å². The van der Waals surface area contributed by atoms with Gasteiger partial charge in [-0.3, -0.25) is 9.78 Å². The maximum atomic E-state index is 11.8. The summed E-state index contributed by atoms with van der Waals surface area (Å²) in [6.07, 6.45) is 7.38. The van der Waals surface area contributed by atoms with Crippen molar-refractivity contribution in [1.82, 2.24) is 15.6 Å². The molecule has 1 amide bonds. The van der Waals surface area contributed by atoms with Gasteiger partial charge >= 0.3 is 0 Å². The van der Waals surface area contributed by atoms with Crippen LogP contribution in [0.3, 0.4) is 0 Å². The molecule has 2 rings (SSSR count). The van der Waals surface area contributed by atoms with Gasteiger partial charge in [-0.15, -0.1) is 0 Å². The number of aromatic hydroxyl groups is 1. The number of carbonyl (C=O) groups excluding carboxylic acids is 1. The van der Waals surface area contributed by atoms with Crippen molar-refractivity contribution >= 4 is 5.91 Å². The molecule has 3 N–H and O–H groups in total. The summed E-state index contributed by atoms with van der Waals surface area (Å²) < 4.78 is 0. The number of hydrogen-bond acceptors (Lipinski definition) is 4. The Bertz CT molecular complexity index is 403. The fourth-order valence-corrected chi connectivity index (χ4v) is 2.20. The van der Waals surface area contributed by atoms with E-state index in [1.54, 1.807) is 0 Å². The minimum absolute atomic E-state index is 0.0780. The molecule has 0 saturated carbocycles. The van der Waals surface area contributed by atoms with Gasteiger partial charge in [0.05, 0.1) is 11.8 Å². The molecule has 0 bridgehead atoms. The van der Waals surface area contributed by atoms with Gasteiger partial charge in [0.1, 0.15) is 5.75 Å². The Balaban J connectivity index is 1.76. The molecule has 1 aromatic heterocycles. The van der Waals surface area contributed by atoms with E-state index < -0.39 is 0 Å². The highest BCUT2D eigenvalue weighted by atomic mass is 16.3. The quantitative estimate of drug-likeness (QED) is 0.745. The summed E-state index contributed by atoms with van der Waals surface area (Å²) in [6.45, 7) is 1.70. The normalized spacial score (nSPS) is 19.4. The highest BCUT2D eigenvalue weighted by molar-refractivity contribution is 5.96. The van der Waals surface area contributed by atoms with Crippen molar-refractivity contribution in [3.05, 3.63) is 24.0 Å². The van der Waals surface area contributed by atoms with Crippen LogP contribution < -0.4 is 10.6 Å². The second-order valence-electron chi connectivity index (χ2n) is 4.58. The van der Waals surface area contributed by atoms with Gasteiger partial charge in [-0.05, 0) is 31.9 Å². The Labute approximate surface area is 107 Å². The molecule has 0 radical (unpaired) electrons. The van der Waals surface area contributed by atoms with Crippen LogP contribution >= 0.6 is 0 Å². The molecular formula is C13H19N3O2. The predicted octanol–water partition coefficient (Wildman–Crippen LogP) is 1.05. The van der Waals surface area contributed by atoms with Crippen LogP contribution in [-0.2, 0) is 0 Å². The van der Waals surface area contributed by atoms with Gasteiger partial charge in [0.15, 0.2) is 0 Å². The van der Waals surface area contributed by atoms with E-state index in [1.807, 2.05) is 0 Å². The lowest BCUT2D eigenvalue weighted by Gasteiger charge is -2.23. The summed E-state index contributed by atoms with van der Waals surface area (Å²) in [6, 6.07) is 2.02. The van der Waals surface area contributed by atoms with Crippen LogP contribution in [0.1, 0.15) is 36.0 Å². The minimum Gasteiger partial charge on any atom is -0.505 e. The topological polar surface area (TPSA) is 74.2 Å². The van der Waals surface area contributed by atoms with Crippen molar-refractivity contribution in [3.8, 4) is 5.75 Å². The van der Waals surface area contributed by atoms with E-state index in [4.69, 9.17) is 0 Å². The van der Waals surface area contributed by atoms with Crippen LogP contribution in [0.25, 0.3) is 0 Å². The van der Waals surface area contributed by atoms with Crippen LogP contribution in [-0.4, -0.2) is 35.1 Å². The number of pyridine rings is 1. The number of carbonyl (C=O) groups is 1. The number of rotatable bonds is 4. The molecule has 2 heterocycles. The fraction of sp³-hybridized carbons (Fsp3) is 0.538. The summed E-state index contributed by atoms with van der Waals surface area (Å²) in [7, 11) is 0. The minimum atomic E-state index is -0.245. The first kappa shape index (κ1) is 12.8. The highest BCUT2D eigenvalue weighted by Crippen LogP contribution is 2.13. The zero-order valence-corrected chi connectivity index (χ0v) is 10.4. The lowest BCUT2D eigenvalue weighted by molar-refractivity contribution is 0.0949. The van der Waals surface area contributed by atoms with E-state index in [9.17, 15) is 9.90 Å². The summed E-state index contributed by atoms with van der Waals surface area (Å²) in [5.41, 5.74) is 0.279. The first-order chi connectivity index (χ1) is 8.77. The molecule has 1 saturated heterocycles. The third-order valence-corrected chi connectivity index (χ3v) is 3.24. The number of hydrogen-bond donors (Lipinski definition) is 3. The molecule has 1 aliphatic heterocycles. The molecular weight excluding hydrogens is 230 g/mol. The number of amides is 1. The molecule has 1 aliphatic rings. The molecule has 0 aromatic carbocycles. The molecule has 1 atom stereocenters. The van der Waals surface area contributed by atoms with Crippen molar-refractivity contribution in [3.63, 3.8) is 0 Å². The Kier molecular flexibility index (Phi) is 4.52. The van der Waals surface area contributed by atoms with Crippen LogP contribution in [0.2, 0.25) is 0 Å². The monoisotopic (exact) mass is 249 g/mol. The maximum Gasteiger partial charge on any atom is 0.255 e. The maximum absolute atomic E-state index is 11.8. The van der Waals surface area contributed by atoms with Crippen LogP contribution in [0, 0.1) is 0 Å². The molecule has 1 fully saturated rings. The van der Waals surface area contributed by atoms with E-state index in [0.717, 1.165) is 13.0 Å². The van der Waals surface area contributed by atoms with Crippen molar-refractivity contribution in [2.75, 3.05) is 13.1 Å². The summed E-state index contributed by atoms with van der Waals surface area (Å²) in [5, 5.41) is 15.7. The third kappa shape index (κ3) is 3.43. The van der Waals surface area contributed by atoms with E-state index >= 15 is 0 Å². The van der Waals surface area contributed by atoms with Gasteiger partial charge in [0.25, 0.3) is 5.91 Å². The standard InChI is InChI=1S/C13H19N3O2/c17-12-9-14-7-5-11(12)13(18)16-8-4-10-3-1-2-6-15-10/h5,7,9-10,15,17H,1-4,6,8H2,(H,16,18). The summed E-state index contributed by atoms with van der Waals surface area (Å²) in [4.78, 5) is 15.5. The van der Waals surface area contributed by atoms with Gasteiger partial charge < -0.3 is 15.7 Å². The molecule has 1 aromatic rings. The summed E-state index contributed by atoms with van der Waals surface area (Å²) in [5.74, 6) is -0.323. The van der Waals surface area contributed by atoms with Gasteiger partial charge in [-0.1, -0.05) is 6.42 Å². The zero-order valence-electron chi connectivity index (χ0n) is 10.4. The molecule has 18 heavy (non-hydrogen) atoms. The van der Waals surface area contributed by atoms with Crippen molar-refractivity contribution in [1.29, 1.82) is 0 Å². The smallest absolute Gasteiger partial charge is 0.255 e. The largest absolute Gasteiger partial charge is 0.505 e. The molecule has 5 nitrogen and oxygen atoms in total. The van der Waals surface area contributed by atoms with Gasteiger partial charge in [0.2, 0.25) is 0 Å². The second kappa shape index (κ2) is 6.35. The zero-order chi connectivity index (χ0) is 12.8. The van der Waals surface area contributed by atoms with Crippen LogP contribution in [0.5, 0.6) is 5.75 Å². The first-order valence-corrected chi connectivity index (χ1v) is 6.42. The van der Waals surface area contributed by atoms with Crippen molar-refractivity contribution in [2.45, 2.75) is 31.7 Å². The van der Waals surface area contributed by atoms with Gasteiger partial charge in [-0.2, -0.15) is 0 Å². The first-order valence-electron chi connectivity index (χ1n) is 6.42. The van der Waals surface area contributed by atoms with Gasteiger partial charge in [0, 0.05) is 18.8 Å². The van der Waals surface area contributed by atoms with E-state index in [-0.39, 0.29) is 17.2 Å². The fourth-order valence-electron chi connectivity index (χ4n) is 2.20. The number of nitrogens with zero attached hydrogens (tertiary/aromatic N) is 1. The molecule has 1 unspecified atom stereocenters. The SMILES string of the molecule is O=C(NCCC1CCCCN1)c1ccncc1O. The van der Waals surface area contributed by atoms with Crippen molar-refractivity contribution in [2.24, 2.45) is 0 Å². The van der Waals surface area contributed by atoms with E-state index in [0.29, 0.717) is 12.6 Å². The average Bonchev–Trinajstić information content (AvgIpc) is 2.40. The lowest BCUT2D eigenvalue weighted by atomic mass is 10.0. The molecule has 0 spiro atoms. The predicted molar refractivity (Wildman–Crippen MR) is 68.5 cm³/mol. The summed E-state index contributed by atoms with van der Waals surface area (Å²) >= 11 is 0. The third-order valence-electron chi connectivity index (χ3n) is 3.24. The molecule has 0 aliphatic carbocycles. The van der Waals surface area contributed by atoms with E-state index in [1.165, 1.54) is 37.7 Å². The van der Waals surface area contributed by atoms with Gasteiger partial charge in [-0.25, -0.2) is 0 Å².